The van der Waals surface area contributed by atoms with E-state index in [4.69, 9.17) is 10.9 Å². The molecule has 0 aliphatic heterocycles. The number of amidine groups is 1. The summed E-state index contributed by atoms with van der Waals surface area (Å²) in [6, 6.07) is 6.52. The van der Waals surface area contributed by atoms with Gasteiger partial charge in [0.05, 0.1) is 0 Å². The Hall–Kier alpha value is -1.71. The number of benzene rings is 1. The van der Waals surface area contributed by atoms with Crippen molar-refractivity contribution >= 4 is 11.5 Å². The molecule has 1 aliphatic rings. The molecular weight excluding hydrogens is 250 g/mol. The molecule has 4 heteroatoms. The summed E-state index contributed by atoms with van der Waals surface area (Å²) in [6.07, 6.45) is 5.77. The molecule has 0 amide bonds. The average molecular weight is 275 g/mol. The second kappa shape index (κ2) is 6.16. The van der Waals surface area contributed by atoms with Crippen LogP contribution in [0, 0.1) is 5.41 Å². The van der Waals surface area contributed by atoms with Crippen LogP contribution < -0.4 is 11.1 Å². The molecule has 0 unspecified atom stereocenters. The highest BCUT2D eigenvalue weighted by molar-refractivity contribution is 5.85. The van der Waals surface area contributed by atoms with Gasteiger partial charge in [-0.2, -0.15) is 0 Å². The van der Waals surface area contributed by atoms with Gasteiger partial charge in [0, 0.05) is 17.6 Å². The largest absolute Gasteiger partial charge is 0.409 e. The maximum atomic E-state index is 8.79. The third-order valence-corrected chi connectivity index (χ3v) is 4.26. The molecule has 20 heavy (non-hydrogen) atoms. The van der Waals surface area contributed by atoms with E-state index in [9.17, 15) is 0 Å². The summed E-state index contributed by atoms with van der Waals surface area (Å²) < 4.78 is 0. The van der Waals surface area contributed by atoms with Crippen LogP contribution in [0.15, 0.2) is 23.4 Å². The van der Waals surface area contributed by atoms with Crippen LogP contribution in [0.1, 0.15) is 44.2 Å². The van der Waals surface area contributed by atoms with E-state index in [-0.39, 0.29) is 11.3 Å². The van der Waals surface area contributed by atoms with Crippen molar-refractivity contribution in [2.75, 3.05) is 11.9 Å². The summed E-state index contributed by atoms with van der Waals surface area (Å²) in [5.74, 6) is 0.286. The lowest BCUT2D eigenvalue weighted by atomic mass is 9.87. The second-order valence-electron chi connectivity index (χ2n) is 6.20. The fraction of sp³-hybridized carbons (Fsp3) is 0.562. The van der Waals surface area contributed by atoms with Gasteiger partial charge in [0.1, 0.15) is 5.84 Å². The molecule has 1 aromatic rings. The fourth-order valence-corrected chi connectivity index (χ4v) is 2.72. The van der Waals surface area contributed by atoms with Crippen LogP contribution in [0.25, 0.3) is 0 Å². The zero-order chi connectivity index (χ0) is 14.6. The molecule has 1 aromatic carbocycles. The van der Waals surface area contributed by atoms with E-state index >= 15 is 0 Å². The van der Waals surface area contributed by atoms with E-state index in [1.54, 1.807) is 0 Å². The van der Waals surface area contributed by atoms with Crippen molar-refractivity contribution in [2.24, 2.45) is 16.3 Å². The second-order valence-corrected chi connectivity index (χ2v) is 6.20. The first-order chi connectivity index (χ1) is 9.54. The van der Waals surface area contributed by atoms with E-state index in [1.165, 1.54) is 42.5 Å². The summed E-state index contributed by atoms with van der Waals surface area (Å²) in [4.78, 5) is 0. The van der Waals surface area contributed by atoms with Crippen LogP contribution in [0.5, 0.6) is 0 Å². The van der Waals surface area contributed by atoms with Gasteiger partial charge in [-0.1, -0.05) is 31.1 Å². The third kappa shape index (κ3) is 3.24. The van der Waals surface area contributed by atoms with Crippen molar-refractivity contribution in [2.45, 2.75) is 46.0 Å². The summed E-state index contributed by atoms with van der Waals surface area (Å²) in [5, 5.41) is 15.4. The Bertz CT molecular complexity index is 494. The number of hydrogen-bond acceptors (Lipinski definition) is 3. The molecule has 0 atom stereocenters. The van der Waals surface area contributed by atoms with Crippen LogP contribution in [-0.2, 0) is 12.8 Å². The maximum absolute atomic E-state index is 8.79. The Labute approximate surface area is 121 Å². The molecule has 0 bridgehead atoms. The van der Waals surface area contributed by atoms with Crippen molar-refractivity contribution in [3.8, 4) is 0 Å². The monoisotopic (exact) mass is 275 g/mol. The molecular formula is C16H25N3O. The van der Waals surface area contributed by atoms with Gasteiger partial charge in [0.2, 0.25) is 0 Å². The van der Waals surface area contributed by atoms with E-state index in [0.717, 1.165) is 13.0 Å². The molecule has 2 rings (SSSR count). The first-order valence-electron chi connectivity index (χ1n) is 7.37. The number of aryl methyl sites for hydroxylation is 1. The molecule has 0 saturated heterocycles. The highest BCUT2D eigenvalue weighted by Crippen LogP contribution is 2.28. The van der Waals surface area contributed by atoms with Gasteiger partial charge >= 0.3 is 0 Å². The average Bonchev–Trinajstić information content (AvgIpc) is 2.46. The van der Waals surface area contributed by atoms with Crippen LogP contribution in [0.2, 0.25) is 0 Å². The molecule has 0 radical (unpaired) electrons. The molecule has 110 valence electrons. The molecule has 0 aromatic heterocycles. The van der Waals surface area contributed by atoms with E-state index < -0.39 is 0 Å². The summed E-state index contributed by atoms with van der Waals surface area (Å²) in [5.41, 5.74) is 9.62. The van der Waals surface area contributed by atoms with Crippen molar-refractivity contribution < 1.29 is 5.21 Å². The normalized spacial score (nSPS) is 15.8. The number of hydrogen-bond donors (Lipinski definition) is 3. The van der Waals surface area contributed by atoms with E-state index in [2.05, 4.69) is 28.7 Å². The van der Waals surface area contributed by atoms with Gasteiger partial charge in [-0.05, 0) is 49.3 Å². The molecule has 0 fully saturated rings. The SMILES string of the molecule is CC(C)(CCNc1cccc2c1CCCC2)C(N)=NO. The van der Waals surface area contributed by atoms with Crippen LogP contribution in [-0.4, -0.2) is 17.6 Å². The first kappa shape index (κ1) is 14.7. The summed E-state index contributed by atoms with van der Waals surface area (Å²) in [6.45, 7) is 4.80. The van der Waals surface area contributed by atoms with Gasteiger partial charge in [0.25, 0.3) is 0 Å². The molecule has 4 nitrogen and oxygen atoms in total. The van der Waals surface area contributed by atoms with Gasteiger partial charge in [-0.25, -0.2) is 0 Å². The Morgan fingerprint density at radius 2 is 2.10 bits per heavy atom. The Balaban J connectivity index is 1.98. The molecule has 4 N–H and O–H groups in total. The number of nitrogens with one attached hydrogen (secondary N) is 1. The van der Waals surface area contributed by atoms with Crippen LogP contribution in [0.4, 0.5) is 5.69 Å². The fourth-order valence-electron chi connectivity index (χ4n) is 2.72. The number of fused-ring (bicyclic) bond motifs is 1. The Morgan fingerprint density at radius 1 is 1.35 bits per heavy atom. The molecule has 0 heterocycles. The number of oxime groups is 1. The standard InChI is InChI=1S/C16H25N3O/c1-16(2,15(17)19-20)10-11-18-14-9-5-7-12-6-3-4-8-13(12)14/h5,7,9,18,20H,3-4,6,8,10-11H2,1-2H3,(H2,17,19). The van der Waals surface area contributed by atoms with Gasteiger partial charge in [-0.3, -0.25) is 0 Å². The minimum atomic E-state index is -0.295. The molecule has 0 spiro atoms. The molecule has 1 aliphatic carbocycles. The summed E-state index contributed by atoms with van der Waals surface area (Å²) >= 11 is 0. The van der Waals surface area contributed by atoms with Crippen LogP contribution >= 0.6 is 0 Å². The quantitative estimate of drug-likeness (QED) is 0.334. The van der Waals surface area contributed by atoms with Gasteiger partial charge in [-0.15, -0.1) is 0 Å². The zero-order valence-electron chi connectivity index (χ0n) is 12.4. The van der Waals surface area contributed by atoms with Crippen LogP contribution in [0.3, 0.4) is 0 Å². The number of rotatable bonds is 5. The number of nitrogens with zero attached hydrogens (tertiary/aromatic N) is 1. The first-order valence-corrected chi connectivity index (χ1v) is 7.37. The van der Waals surface area contributed by atoms with E-state index in [0.29, 0.717) is 0 Å². The van der Waals surface area contributed by atoms with Gasteiger partial charge in [0.15, 0.2) is 0 Å². The zero-order valence-corrected chi connectivity index (χ0v) is 12.4. The minimum Gasteiger partial charge on any atom is -0.409 e. The smallest absolute Gasteiger partial charge is 0.144 e. The lowest BCUT2D eigenvalue weighted by molar-refractivity contribution is 0.306. The lowest BCUT2D eigenvalue weighted by Gasteiger charge is -2.24. The Kier molecular flexibility index (Phi) is 4.53. The highest BCUT2D eigenvalue weighted by Gasteiger charge is 2.23. The maximum Gasteiger partial charge on any atom is 0.144 e. The van der Waals surface area contributed by atoms with Crippen molar-refractivity contribution in [3.63, 3.8) is 0 Å². The Morgan fingerprint density at radius 3 is 2.85 bits per heavy atom. The summed E-state index contributed by atoms with van der Waals surface area (Å²) in [7, 11) is 0. The van der Waals surface area contributed by atoms with Crippen molar-refractivity contribution in [3.05, 3.63) is 29.3 Å². The predicted molar refractivity (Wildman–Crippen MR) is 83.4 cm³/mol. The minimum absolute atomic E-state index is 0.286. The lowest BCUT2D eigenvalue weighted by Crippen LogP contribution is -2.33. The third-order valence-electron chi connectivity index (χ3n) is 4.26. The topological polar surface area (TPSA) is 70.6 Å². The van der Waals surface area contributed by atoms with Gasteiger partial charge < -0.3 is 16.3 Å². The number of anilines is 1. The molecule has 0 saturated carbocycles. The van der Waals surface area contributed by atoms with Crippen molar-refractivity contribution in [1.82, 2.24) is 0 Å². The van der Waals surface area contributed by atoms with E-state index in [1.807, 2.05) is 13.8 Å². The predicted octanol–water partition coefficient (Wildman–Crippen LogP) is 3.14. The highest BCUT2D eigenvalue weighted by atomic mass is 16.4. The van der Waals surface area contributed by atoms with Crippen molar-refractivity contribution in [1.29, 1.82) is 0 Å². The number of nitrogens with two attached hydrogens (primary N) is 1.